The highest BCUT2D eigenvalue weighted by molar-refractivity contribution is 6.01. The fourth-order valence-corrected chi connectivity index (χ4v) is 7.28. The van der Waals surface area contributed by atoms with E-state index in [1.165, 1.54) is 0 Å². The van der Waals surface area contributed by atoms with Gasteiger partial charge in [-0.15, -0.1) is 0 Å². The monoisotopic (exact) mass is 506 g/mol. The Bertz CT molecular complexity index is 877. The molecule has 8 heteroatoms. The van der Waals surface area contributed by atoms with Gasteiger partial charge in [0.2, 0.25) is 0 Å². The molecule has 0 aromatic carbocycles. The Kier molecular flexibility index (Phi) is 10.6. The molecule has 0 aromatic heterocycles. The first-order valence-corrected chi connectivity index (χ1v) is 12.9. The minimum atomic E-state index is -0.514. The van der Waals surface area contributed by atoms with E-state index in [1.54, 1.807) is 26.0 Å². The van der Waals surface area contributed by atoms with E-state index < -0.39 is 6.10 Å². The lowest BCUT2D eigenvalue weighted by molar-refractivity contribution is -0.153. The van der Waals surface area contributed by atoms with Crippen LogP contribution in [-0.4, -0.2) is 60.6 Å². The van der Waals surface area contributed by atoms with E-state index >= 15 is 0 Å². The maximum absolute atomic E-state index is 12.9. The van der Waals surface area contributed by atoms with Crippen LogP contribution in [0.2, 0.25) is 0 Å². The van der Waals surface area contributed by atoms with Crippen LogP contribution < -0.4 is 0 Å². The number of hydrogen-bond donors (Lipinski definition) is 2. The minimum Gasteiger partial charge on any atom is -0.468 e. The summed E-state index contributed by atoms with van der Waals surface area (Å²) in [6, 6.07) is 0. The van der Waals surface area contributed by atoms with E-state index in [0.717, 1.165) is 38.4 Å². The second-order valence-corrected chi connectivity index (χ2v) is 10.5. The zero-order valence-electron chi connectivity index (χ0n) is 22.2. The lowest BCUT2D eigenvalue weighted by Crippen LogP contribution is -2.56. The number of carbonyl (C=O) groups is 4. The zero-order chi connectivity index (χ0) is 27.1. The van der Waals surface area contributed by atoms with Crippen LogP contribution in [-0.2, 0) is 28.7 Å². The van der Waals surface area contributed by atoms with Gasteiger partial charge in [-0.25, -0.2) is 0 Å². The summed E-state index contributed by atoms with van der Waals surface area (Å²) in [4.78, 5) is 45.4. The molecule has 7 atom stereocenters. The summed E-state index contributed by atoms with van der Waals surface area (Å²) in [6.45, 7) is 8.54. The molecule has 0 amide bonds. The summed E-state index contributed by atoms with van der Waals surface area (Å²) in [7, 11) is 1.00. The lowest BCUT2D eigenvalue weighted by atomic mass is 9.46. The molecule has 0 aromatic rings. The van der Waals surface area contributed by atoms with Crippen LogP contribution >= 0.6 is 0 Å². The van der Waals surface area contributed by atoms with Crippen molar-refractivity contribution in [3.05, 3.63) is 23.8 Å². The lowest BCUT2D eigenvalue weighted by Gasteiger charge is -2.58. The normalized spacial score (nSPS) is 35.8. The largest absolute Gasteiger partial charge is 0.468 e. The number of fused-ring (bicyclic) bond motifs is 5. The van der Waals surface area contributed by atoms with Crippen molar-refractivity contribution in [3.8, 4) is 0 Å². The second-order valence-electron chi connectivity index (χ2n) is 10.5. The summed E-state index contributed by atoms with van der Waals surface area (Å²) in [5.74, 6) is 0.306. The van der Waals surface area contributed by atoms with E-state index in [2.05, 4.69) is 18.6 Å². The van der Waals surface area contributed by atoms with E-state index in [0.29, 0.717) is 31.3 Å². The molecular formula is C28H42O8. The maximum Gasteiger partial charge on any atom is 0.305 e. The number of esters is 1. The highest BCUT2D eigenvalue weighted by Crippen LogP contribution is 2.66. The zero-order valence-corrected chi connectivity index (χ0v) is 22.2. The Morgan fingerprint density at radius 1 is 1.17 bits per heavy atom. The SMILES string of the molecule is CCC(=O)OCC(=O)C1CCC2C3CCC4=CC(=O)C=CC4(C)C3C(O)CC12C.CCOC=O.CO. The molecule has 0 spiro atoms. The number of carbonyl (C=O) groups excluding carboxylic acids is 4. The third kappa shape index (κ3) is 5.80. The highest BCUT2D eigenvalue weighted by Gasteiger charge is 2.62. The highest BCUT2D eigenvalue weighted by atomic mass is 16.5. The fraction of sp³-hybridized carbons (Fsp3) is 0.714. The molecule has 2 N–H and O–H groups in total. The van der Waals surface area contributed by atoms with Gasteiger partial charge in [-0.1, -0.05) is 32.4 Å². The molecule has 0 bridgehead atoms. The van der Waals surface area contributed by atoms with Gasteiger partial charge in [0.25, 0.3) is 6.47 Å². The van der Waals surface area contributed by atoms with Crippen LogP contribution in [0.3, 0.4) is 0 Å². The predicted molar refractivity (Wildman–Crippen MR) is 134 cm³/mol. The van der Waals surface area contributed by atoms with Crippen LogP contribution in [0.1, 0.15) is 66.2 Å². The Labute approximate surface area is 214 Å². The van der Waals surface area contributed by atoms with Crippen molar-refractivity contribution in [1.82, 2.24) is 0 Å². The molecule has 4 aliphatic carbocycles. The standard InChI is InChI=1S/C24H32O5.C3H6O2.CH4O/c1-4-21(28)29-13-20(27)18-8-7-17-16-6-5-14-11-15(25)9-10-23(14,2)22(16)19(26)12-24(17,18)3;1-2-5-3-4;1-2/h9-11,16-19,22,26H,4-8,12-13H2,1-3H3;3H,2H2,1H3;2H,1H3. The van der Waals surface area contributed by atoms with Gasteiger partial charge in [0.05, 0.1) is 12.7 Å². The molecule has 0 heterocycles. The van der Waals surface area contributed by atoms with Crippen molar-refractivity contribution in [3.63, 3.8) is 0 Å². The number of Topliss-reactive ketones (excluding diaryl/α,β-unsaturated/α-hetero) is 1. The number of allylic oxidation sites excluding steroid dienone is 4. The Hall–Kier alpha value is -2.32. The number of hydrogen-bond acceptors (Lipinski definition) is 8. The van der Waals surface area contributed by atoms with Crippen LogP contribution in [0.5, 0.6) is 0 Å². The number of ether oxygens (including phenoxy) is 2. The van der Waals surface area contributed by atoms with Crippen molar-refractivity contribution < 1.29 is 38.9 Å². The van der Waals surface area contributed by atoms with Gasteiger partial charge in [0, 0.05) is 30.8 Å². The Morgan fingerprint density at radius 3 is 2.44 bits per heavy atom. The van der Waals surface area contributed by atoms with Crippen LogP contribution in [0.25, 0.3) is 0 Å². The molecule has 0 radical (unpaired) electrons. The molecule has 8 nitrogen and oxygen atoms in total. The Morgan fingerprint density at radius 2 is 1.86 bits per heavy atom. The summed E-state index contributed by atoms with van der Waals surface area (Å²) in [5.41, 5.74) is 0.601. The van der Waals surface area contributed by atoms with Crippen molar-refractivity contribution in [1.29, 1.82) is 0 Å². The Balaban J connectivity index is 0.000000583. The summed E-state index contributed by atoms with van der Waals surface area (Å²) < 4.78 is 9.27. The van der Waals surface area contributed by atoms with Crippen molar-refractivity contribution in [2.24, 2.45) is 34.5 Å². The van der Waals surface area contributed by atoms with Crippen LogP contribution in [0.4, 0.5) is 0 Å². The van der Waals surface area contributed by atoms with Gasteiger partial charge < -0.3 is 19.7 Å². The van der Waals surface area contributed by atoms with E-state index in [1.807, 2.05) is 6.08 Å². The molecular weight excluding hydrogens is 464 g/mol. The van der Waals surface area contributed by atoms with Crippen LogP contribution in [0.15, 0.2) is 23.8 Å². The topological polar surface area (TPSA) is 127 Å². The quantitative estimate of drug-likeness (QED) is 0.415. The van der Waals surface area contributed by atoms with Gasteiger partial charge in [-0.05, 0) is 68.4 Å². The number of ketones is 2. The molecule has 202 valence electrons. The summed E-state index contributed by atoms with van der Waals surface area (Å²) in [5, 5.41) is 18.3. The van der Waals surface area contributed by atoms with Gasteiger partial charge >= 0.3 is 5.97 Å². The molecule has 0 aliphatic heterocycles. The first-order valence-electron chi connectivity index (χ1n) is 12.9. The van der Waals surface area contributed by atoms with E-state index in [4.69, 9.17) is 9.84 Å². The van der Waals surface area contributed by atoms with Crippen molar-refractivity contribution in [2.75, 3.05) is 20.3 Å². The minimum absolute atomic E-state index is 0.00628. The molecule has 3 saturated carbocycles. The smallest absolute Gasteiger partial charge is 0.305 e. The van der Waals surface area contributed by atoms with Gasteiger partial charge in [0.15, 0.2) is 11.6 Å². The molecule has 7 unspecified atom stereocenters. The fourth-order valence-electron chi connectivity index (χ4n) is 7.28. The molecule has 4 aliphatic rings. The second kappa shape index (κ2) is 12.8. The molecule has 3 fully saturated rings. The average Bonchev–Trinajstić information content (AvgIpc) is 3.21. The van der Waals surface area contributed by atoms with Gasteiger partial charge in [-0.3, -0.25) is 19.2 Å². The van der Waals surface area contributed by atoms with Crippen LogP contribution in [0, 0.1) is 34.5 Å². The van der Waals surface area contributed by atoms with Gasteiger partial charge in [0.1, 0.15) is 6.61 Å². The predicted octanol–water partition coefficient (Wildman–Crippen LogP) is 3.19. The summed E-state index contributed by atoms with van der Waals surface area (Å²) in [6.07, 6.45) is 9.36. The molecule has 36 heavy (non-hydrogen) atoms. The third-order valence-corrected chi connectivity index (χ3v) is 8.78. The number of aliphatic hydroxyl groups is 2. The maximum atomic E-state index is 12.9. The van der Waals surface area contributed by atoms with E-state index in [-0.39, 0.29) is 53.2 Å². The molecule has 4 rings (SSSR count). The molecule has 0 saturated heterocycles. The summed E-state index contributed by atoms with van der Waals surface area (Å²) >= 11 is 0. The van der Waals surface area contributed by atoms with E-state index in [9.17, 15) is 24.3 Å². The first kappa shape index (κ1) is 29.9. The van der Waals surface area contributed by atoms with Crippen molar-refractivity contribution in [2.45, 2.75) is 72.3 Å². The number of rotatable bonds is 6. The number of aliphatic hydroxyl groups excluding tert-OH is 2. The third-order valence-electron chi connectivity index (χ3n) is 8.78. The first-order chi connectivity index (χ1) is 17.1. The van der Waals surface area contributed by atoms with Crippen molar-refractivity contribution >= 4 is 24.0 Å². The average molecular weight is 507 g/mol. The van der Waals surface area contributed by atoms with Gasteiger partial charge in [-0.2, -0.15) is 0 Å².